The van der Waals surface area contributed by atoms with Gasteiger partial charge in [0.05, 0.1) is 0 Å². The van der Waals surface area contributed by atoms with Crippen LogP contribution in [0.3, 0.4) is 0 Å². The molecule has 9 heteroatoms. The first-order valence-corrected chi connectivity index (χ1v) is 6.40. The molecule has 19 heavy (non-hydrogen) atoms. The topological polar surface area (TPSA) is 98.4 Å². The number of carbonyl (C=O) groups excluding carboxylic acids is 1. The zero-order valence-corrected chi connectivity index (χ0v) is 11.6. The Balaban J connectivity index is 2.51. The molecule has 1 amide bonds. The highest BCUT2D eigenvalue weighted by molar-refractivity contribution is 7.13. The minimum absolute atomic E-state index is 0.0297. The average Bonchev–Trinajstić information content (AvgIpc) is 2.87. The lowest BCUT2D eigenvalue weighted by atomic mass is 10.2. The molecule has 0 bridgehead atoms. The zero-order valence-electron chi connectivity index (χ0n) is 10.0. The third-order valence-electron chi connectivity index (χ3n) is 2.62. The largest absolute Gasteiger partial charge is 0.505 e. The van der Waals surface area contributed by atoms with Gasteiger partial charge in [0.25, 0.3) is 22.1 Å². The number of rotatable bonds is 2. The van der Waals surface area contributed by atoms with E-state index in [0.29, 0.717) is 5.69 Å². The second kappa shape index (κ2) is 4.98. The number of H-pyrrole nitrogens is 1. The lowest BCUT2D eigenvalue weighted by molar-refractivity contribution is -0.446. The fraction of sp³-hybridized carbons (Fsp3) is 0.200. The maximum Gasteiger partial charge on any atom is 0.267 e. The number of aromatic amines is 1. The Bertz CT molecular complexity index is 696. The first-order valence-electron chi connectivity index (χ1n) is 5.14. The van der Waals surface area contributed by atoms with Crippen LogP contribution < -0.4 is 16.0 Å². The first kappa shape index (κ1) is 13.5. The van der Waals surface area contributed by atoms with Gasteiger partial charge < -0.3 is 9.67 Å². The molecule has 0 aromatic carbocycles. The van der Waals surface area contributed by atoms with Gasteiger partial charge in [-0.2, -0.15) is 0 Å². The monoisotopic (exact) mass is 301 g/mol. The predicted octanol–water partition coefficient (Wildman–Crippen LogP) is 0.576. The van der Waals surface area contributed by atoms with Crippen molar-refractivity contribution >= 4 is 34.0 Å². The van der Waals surface area contributed by atoms with E-state index in [-0.39, 0.29) is 10.2 Å². The lowest BCUT2D eigenvalue weighted by Gasteiger charge is -2.11. The molecule has 0 saturated carbocycles. The summed E-state index contributed by atoms with van der Waals surface area (Å²) in [6.07, 6.45) is 0. The van der Waals surface area contributed by atoms with Crippen molar-refractivity contribution in [2.45, 2.75) is 6.92 Å². The highest BCUT2D eigenvalue weighted by Crippen LogP contribution is 2.28. The molecule has 3 N–H and O–H groups in total. The molecular formula is C10H10ClN4O3S+. The summed E-state index contributed by atoms with van der Waals surface area (Å²) in [5, 5.41) is 18.8. The van der Waals surface area contributed by atoms with Crippen LogP contribution in [0, 0.1) is 6.92 Å². The van der Waals surface area contributed by atoms with Crippen molar-refractivity contribution in [1.82, 2.24) is 9.67 Å². The van der Waals surface area contributed by atoms with Gasteiger partial charge in [-0.15, -0.1) is 0 Å². The number of nitrogens with zero attached hydrogens (tertiary/aromatic N) is 2. The summed E-state index contributed by atoms with van der Waals surface area (Å²) < 4.78 is 1.20. The minimum atomic E-state index is -0.761. The number of anilines is 1. The Morgan fingerprint density at radius 1 is 1.63 bits per heavy atom. The van der Waals surface area contributed by atoms with Gasteiger partial charge in [-0.25, -0.2) is 0 Å². The van der Waals surface area contributed by atoms with E-state index in [2.05, 4.69) is 15.5 Å². The van der Waals surface area contributed by atoms with Crippen molar-refractivity contribution in [2.24, 2.45) is 7.05 Å². The van der Waals surface area contributed by atoms with Crippen molar-refractivity contribution < 1.29 is 15.0 Å². The molecule has 100 valence electrons. The summed E-state index contributed by atoms with van der Waals surface area (Å²) in [5.41, 5.74) is 0.893. The Labute approximate surface area is 116 Å². The molecule has 0 aliphatic heterocycles. The third-order valence-corrected chi connectivity index (χ3v) is 3.71. The van der Waals surface area contributed by atoms with Crippen LogP contribution >= 0.6 is 22.9 Å². The fourth-order valence-electron chi connectivity index (χ4n) is 1.46. The van der Waals surface area contributed by atoms with Gasteiger partial charge in [0.15, 0.2) is 5.75 Å². The van der Waals surface area contributed by atoms with Crippen LogP contribution in [-0.4, -0.2) is 20.7 Å². The number of nitrogens with one attached hydrogen (secondary N) is 2. The van der Waals surface area contributed by atoms with Crippen LogP contribution in [0.2, 0.25) is 5.02 Å². The summed E-state index contributed by atoms with van der Waals surface area (Å²) >= 11 is 7.02. The third kappa shape index (κ3) is 2.32. The summed E-state index contributed by atoms with van der Waals surface area (Å²) in [6, 6.07) is 0. The van der Waals surface area contributed by atoms with E-state index in [1.54, 1.807) is 12.4 Å². The molecule has 0 atom stereocenters. The molecule has 0 aliphatic rings. The molecule has 7 nitrogen and oxygen atoms in total. The molecule has 0 saturated heterocycles. The van der Waals surface area contributed by atoms with Gasteiger partial charge >= 0.3 is 0 Å². The van der Waals surface area contributed by atoms with Crippen LogP contribution in [0.5, 0.6) is 5.75 Å². The summed E-state index contributed by atoms with van der Waals surface area (Å²) in [6.45, 7) is 1.57. The molecular weight excluding hydrogens is 292 g/mol. The van der Waals surface area contributed by atoms with Crippen molar-refractivity contribution in [3.05, 3.63) is 32.1 Å². The standard InChI is InChI=1S/C10H9ClN4O3S/c1-4-6(11)7(16)5(9(18)15(4)2)8(17)13-10-14-12-3-19-10/h3,16H,1-2H3,(H,13,14,17)/p+1. The number of carbonyl (C=O) groups is 1. The molecule has 2 aromatic heterocycles. The van der Waals surface area contributed by atoms with E-state index in [0.717, 1.165) is 11.3 Å². The van der Waals surface area contributed by atoms with Crippen LogP contribution in [0.15, 0.2) is 10.3 Å². The normalized spacial score (nSPS) is 10.5. The lowest BCUT2D eigenvalue weighted by Crippen LogP contribution is -2.29. The molecule has 2 aromatic rings. The van der Waals surface area contributed by atoms with Gasteiger partial charge in [-0.1, -0.05) is 16.7 Å². The van der Waals surface area contributed by atoms with Gasteiger partial charge in [0.2, 0.25) is 0 Å². The highest BCUT2D eigenvalue weighted by Gasteiger charge is 2.23. The van der Waals surface area contributed by atoms with Crippen LogP contribution in [0.4, 0.5) is 5.13 Å². The number of hydrogen-bond donors (Lipinski definition) is 2. The molecule has 2 heterocycles. The molecule has 0 spiro atoms. The maximum atomic E-state index is 12.0. The fourth-order valence-corrected chi connectivity index (χ4v) is 2.16. The van der Waals surface area contributed by atoms with Crippen molar-refractivity contribution in [2.75, 3.05) is 5.32 Å². The number of amides is 1. The number of pyridine rings is 1. The van der Waals surface area contributed by atoms with E-state index in [1.165, 1.54) is 11.6 Å². The van der Waals surface area contributed by atoms with Gasteiger partial charge in [0, 0.05) is 17.8 Å². The Morgan fingerprint density at radius 3 is 2.89 bits per heavy atom. The Kier molecular flexibility index (Phi) is 3.54. The zero-order chi connectivity index (χ0) is 14.2. The van der Waals surface area contributed by atoms with E-state index in [4.69, 9.17) is 11.6 Å². The van der Waals surface area contributed by atoms with Gasteiger partial charge in [-0.05, 0) is 18.3 Å². The molecule has 0 fully saturated rings. The van der Waals surface area contributed by atoms with Crippen molar-refractivity contribution in [3.8, 4) is 5.75 Å². The van der Waals surface area contributed by atoms with E-state index >= 15 is 0 Å². The number of hydrogen-bond acceptors (Lipinski definition) is 5. The van der Waals surface area contributed by atoms with E-state index in [9.17, 15) is 14.7 Å². The summed E-state index contributed by atoms with van der Waals surface area (Å²) in [5.74, 6) is -1.29. The van der Waals surface area contributed by atoms with Gasteiger partial charge in [-0.3, -0.25) is 14.9 Å². The van der Waals surface area contributed by atoms with Crippen LogP contribution in [0.1, 0.15) is 16.1 Å². The molecule has 2 rings (SSSR count). The van der Waals surface area contributed by atoms with E-state index < -0.39 is 22.8 Å². The van der Waals surface area contributed by atoms with E-state index in [1.807, 2.05) is 0 Å². The maximum absolute atomic E-state index is 12.0. The molecule has 0 unspecified atom stereocenters. The minimum Gasteiger partial charge on any atom is -0.505 e. The number of halogens is 1. The molecule has 0 aliphatic carbocycles. The highest BCUT2D eigenvalue weighted by atomic mass is 35.5. The van der Waals surface area contributed by atoms with Gasteiger partial charge in [0.1, 0.15) is 10.6 Å². The summed E-state index contributed by atoms with van der Waals surface area (Å²) in [4.78, 5) is 24.0. The SMILES string of the molecule is Cc1c(Cl)c(O)c(C(=O)Nc2n[nH+]cs2)c(=O)n1C. The predicted molar refractivity (Wildman–Crippen MR) is 69.7 cm³/mol. The summed E-state index contributed by atoms with van der Waals surface area (Å²) in [7, 11) is 1.47. The number of aromatic hydroxyl groups is 1. The van der Waals surface area contributed by atoms with Crippen molar-refractivity contribution in [3.63, 3.8) is 0 Å². The van der Waals surface area contributed by atoms with Crippen LogP contribution in [-0.2, 0) is 7.05 Å². The molecule has 0 radical (unpaired) electrons. The Hall–Kier alpha value is -1.93. The number of aromatic nitrogens is 3. The first-order chi connectivity index (χ1) is 8.93. The second-order valence-electron chi connectivity index (χ2n) is 3.72. The van der Waals surface area contributed by atoms with Crippen molar-refractivity contribution in [1.29, 1.82) is 0 Å². The smallest absolute Gasteiger partial charge is 0.267 e. The van der Waals surface area contributed by atoms with Crippen LogP contribution in [0.25, 0.3) is 0 Å². The Morgan fingerprint density at radius 2 is 2.32 bits per heavy atom. The average molecular weight is 302 g/mol. The quantitative estimate of drug-likeness (QED) is 0.847. The second-order valence-corrected chi connectivity index (χ2v) is 4.96.